The number of carbonyl (C=O) groups is 1. The standard InChI is InChI=1S/C16H24N2O3/c1-3-11-4-5-12(17-11)15(20)18-8-6-16(7-9-18)13(19)10-14(16)21-2/h4-5,13-14,17,19H,3,6-10H2,1-2H3/t13-,14+/m0/s1. The molecule has 2 N–H and O–H groups in total. The second-order valence-electron chi connectivity index (χ2n) is 6.25. The molecule has 21 heavy (non-hydrogen) atoms. The molecule has 1 aliphatic carbocycles. The summed E-state index contributed by atoms with van der Waals surface area (Å²) in [5.74, 6) is 0.0623. The summed E-state index contributed by atoms with van der Waals surface area (Å²) >= 11 is 0. The molecule has 1 saturated carbocycles. The van der Waals surface area contributed by atoms with Crippen LogP contribution in [0.1, 0.15) is 42.4 Å². The summed E-state index contributed by atoms with van der Waals surface area (Å²) in [5.41, 5.74) is 1.62. The van der Waals surface area contributed by atoms with E-state index in [2.05, 4.69) is 11.9 Å². The molecular weight excluding hydrogens is 268 g/mol. The van der Waals surface area contributed by atoms with Gasteiger partial charge in [-0.15, -0.1) is 0 Å². The van der Waals surface area contributed by atoms with E-state index in [-0.39, 0.29) is 23.5 Å². The van der Waals surface area contributed by atoms with E-state index in [0.717, 1.165) is 31.4 Å². The van der Waals surface area contributed by atoms with Crippen LogP contribution >= 0.6 is 0 Å². The molecule has 2 fully saturated rings. The van der Waals surface area contributed by atoms with E-state index < -0.39 is 0 Å². The lowest BCUT2D eigenvalue weighted by Crippen LogP contribution is -2.62. The molecule has 1 amide bonds. The van der Waals surface area contributed by atoms with Crippen LogP contribution in [0.15, 0.2) is 12.1 Å². The van der Waals surface area contributed by atoms with Gasteiger partial charge < -0.3 is 19.7 Å². The summed E-state index contributed by atoms with van der Waals surface area (Å²) in [6, 6.07) is 3.83. The molecule has 1 aromatic rings. The van der Waals surface area contributed by atoms with Crippen LogP contribution < -0.4 is 0 Å². The molecule has 2 aliphatic rings. The lowest BCUT2D eigenvalue weighted by molar-refractivity contribution is -0.199. The van der Waals surface area contributed by atoms with Gasteiger partial charge in [0.05, 0.1) is 12.2 Å². The summed E-state index contributed by atoms with van der Waals surface area (Å²) in [6.45, 7) is 3.44. The van der Waals surface area contributed by atoms with Crippen molar-refractivity contribution >= 4 is 5.91 Å². The van der Waals surface area contributed by atoms with Gasteiger partial charge in [-0.3, -0.25) is 4.79 Å². The van der Waals surface area contributed by atoms with Gasteiger partial charge in [-0.05, 0) is 31.4 Å². The van der Waals surface area contributed by atoms with Crippen molar-refractivity contribution in [3.63, 3.8) is 0 Å². The third-order valence-corrected chi connectivity index (χ3v) is 5.37. The monoisotopic (exact) mass is 292 g/mol. The Morgan fingerprint density at radius 1 is 1.48 bits per heavy atom. The van der Waals surface area contributed by atoms with Crippen LogP contribution in [0.3, 0.4) is 0 Å². The number of aliphatic hydroxyl groups excluding tert-OH is 1. The predicted octanol–water partition coefficient (Wildman–Crippen LogP) is 1.58. The van der Waals surface area contributed by atoms with E-state index in [1.165, 1.54) is 0 Å². The average molecular weight is 292 g/mol. The number of hydrogen-bond acceptors (Lipinski definition) is 3. The Morgan fingerprint density at radius 2 is 2.19 bits per heavy atom. The van der Waals surface area contributed by atoms with Crippen molar-refractivity contribution in [2.45, 2.75) is 44.8 Å². The van der Waals surface area contributed by atoms with Crippen LogP contribution in [0.4, 0.5) is 0 Å². The first-order valence-corrected chi connectivity index (χ1v) is 7.78. The number of likely N-dealkylation sites (tertiary alicyclic amines) is 1. The minimum atomic E-state index is -0.281. The van der Waals surface area contributed by atoms with Gasteiger partial charge in [0.15, 0.2) is 0 Å². The molecular formula is C16H24N2O3. The lowest BCUT2D eigenvalue weighted by Gasteiger charge is -2.56. The van der Waals surface area contributed by atoms with E-state index in [9.17, 15) is 9.90 Å². The molecule has 5 heteroatoms. The maximum absolute atomic E-state index is 12.5. The first-order valence-electron chi connectivity index (χ1n) is 7.78. The zero-order chi connectivity index (χ0) is 15.0. The molecule has 0 radical (unpaired) electrons. The van der Waals surface area contributed by atoms with Gasteiger partial charge in [-0.2, -0.15) is 0 Å². The number of aromatic nitrogens is 1. The fraction of sp³-hybridized carbons (Fsp3) is 0.688. The Hall–Kier alpha value is -1.33. The first kappa shape index (κ1) is 14.6. The van der Waals surface area contributed by atoms with Gasteiger partial charge in [-0.25, -0.2) is 0 Å². The summed E-state index contributed by atoms with van der Waals surface area (Å²) in [4.78, 5) is 17.5. The molecule has 2 heterocycles. The highest BCUT2D eigenvalue weighted by atomic mass is 16.5. The second kappa shape index (κ2) is 5.46. The summed E-state index contributed by atoms with van der Waals surface area (Å²) in [5, 5.41) is 10.1. The maximum atomic E-state index is 12.5. The molecule has 0 aromatic carbocycles. The minimum absolute atomic E-state index is 0.0623. The van der Waals surface area contributed by atoms with Crippen molar-refractivity contribution in [1.29, 1.82) is 0 Å². The van der Waals surface area contributed by atoms with Crippen LogP contribution in [-0.4, -0.2) is 53.3 Å². The topological polar surface area (TPSA) is 65.6 Å². The molecule has 1 saturated heterocycles. The van der Waals surface area contributed by atoms with Crippen LogP contribution in [0.2, 0.25) is 0 Å². The fourth-order valence-corrected chi connectivity index (χ4v) is 3.78. The number of nitrogens with one attached hydrogen (secondary N) is 1. The molecule has 1 spiro atoms. The van der Waals surface area contributed by atoms with E-state index >= 15 is 0 Å². The van der Waals surface area contributed by atoms with E-state index in [0.29, 0.717) is 18.8 Å². The Morgan fingerprint density at radius 3 is 2.71 bits per heavy atom. The Labute approximate surface area is 125 Å². The Bertz CT molecular complexity index is 517. The van der Waals surface area contributed by atoms with Crippen LogP contribution in [0.25, 0.3) is 0 Å². The number of H-pyrrole nitrogens is 1. The molecule has 1 aliphatic heterocycles. The molecule has 3 rings (SSSR count). The molecule has 116 valence electrons. The second-order valence-corrected chi connectivity index (χ2v) is 6.25. The highest BCUT2D eigenvalue weighted by Crippen LogP contribution is 2.50. The van der Waals surface area contributed by atoms with Gasteiger partial charge >= 0.3 is 0 Å². The van der Waals surface area contributed by atoms with Crippen molar-refractivity contribution < 1.29 is 14.6 Å². The number of piperidine rings is 1. The number of ether oxygens (including phenoxy) is 1. The predicted molar refractivity (Wildman–Crippen MR) is 79.2 cm³/mol. The number of aromatic amines is 1. The van der Waals surface area contributed by atoms with Crippen LogP contribution in [-0.2, 0) is 11.2 Å². The highest BCUT2D eigenvalue weighted by molar-refractivity contribution is 5.92. The number of aryl methyl sites for hydroxylation is 1. The van der Waals surface area contributed by atoms with E-state index in [4.69, 9.17) is 4.74 Å². The zero-order valence-electron chi connectivity index (χ0n) is 12.8. The molecule has 1 aromatic heterocycles. The van der Waals surface area contributed by atoms with Gasteiger partial charge in [-0.1, -0.05) is 6.92 Å². The number of rotatable bonds is 3. The normalized spacial score (nSPS) is 27.7. The summed E-state index contributed by atoms with van der Waals surface area (Å²) in [6.07, 6.45) is 3.12. The number of methoxy groups -OCH3 is 1. The highest BCUT2D eigenvalue weighted by Gasteiger charge is 2.56. The average Bonchev–Trinajstić information content (AvgIpc) is 3.00. The number of amides is 1. The van der Waals surface area contributed by atoms with Gasteiger partial charge in [0.1, 0.15) is 5.69 Å². The number of aliphatic hydroxyl groups is 1. The Kier molecular flexibility index (Phi) is 3.80. The lowest BCUT2D eigenvalue weighted by atomic mass is 9.58. The third kappa shape index (κ3) is 2.28. The largest absolute Gasteiger partial charge is 0.392 e. The minimum Gasteiger partial charge on any atom is -0.392 e. The number of carbonyl (C=O) groups excluding carboxylic acids is 1. The number of nitrogens with zero attached hydrogens (tertiary/aromatic N) is 1. The molecule has 5 nitrogen and oxygen atoms in total. The van der Waals surface area contributed by atoms with Gasteiger partial charge in [0.2, 0.25) is 0 Å². The molecule has 0 unspecified atom stereocenters. The first-order chi connectivity index (χ1) is 10.1. The SMILES string of the molecule is CCc1ccc(C(=O)N2CCC3(CC2)[C@@H](O)C[C@H]3OC)[nH]1. The smallest absolute Gasteiger partial charge is 0.270 e. The quantitative estimate of drug-likeness (QED) is 0.889. The fourth-order valence-electron chi connectivity index (χ4n) is 3.78. The third-order valence-electron chi connectivity index (χ3n) is 5.37. The zero-order valence-corrected chi connectivity index (χ0v) is 12.8. The van der Waals surface area contributed by atoms with E-state index in [1.54, 1.807) is 7.11 Å². The Balaban J connectivity index is 1.64. The van der Waals surface area contributed by atoms with Crippen molar-refractivity contribution in [1.82, 2.24) is 9.88 Å². The van der Waals surface area contributed by atoms with Crippen molar-refractivity contribution in [3.05, 3.63) is 23.5 Å². The molecule has 2 atom stereocenters. The van der Waals surface area contributed by atoms with Crippen molar-refractivity contribution in [3.8, 4) is 0 Å². The molecule has 0 bridgehead atoms. The van der Waals surface area contributed by atoms with Gasteiger partial charge in [0.25, 0.3) is 5.91 Å². The van der Waals surface area contributed by atoms with E-state index in [1.807, 2.05) is 17.0 Å². The maximum Gasteiger partial charge on any atom is 0.270 e. The summed E-state index contributed by atoms with van der Waals surface area (Å²) < 4.78 is 5.48. The summed E-state index contributed by atoms with van der Waals surface area (Å²) in [7, 11) is 1.71. The van der Waals surface area contributed by atoms with Crippen LogP contribution in [0, 0.1) is 5.41 Å². The van der Waals surface area contributed by atoms with Crippen molar-refractivity contribution in [2.24, 2.45) is 5.41 Å². The van der Waals surface area contributed by atoms with Crippen molar-refractivity contribution in [2.75, 3.05) is 20.2 Å². The van der Waals surface area contributed by atoms with Crippen LogP contribution in [0.5, 0.6) is 0 Å². The van der Waals surface area contributed by atoms with Gasteiger partial charge in [0, 0.05) is 37.7 Å². The number of hydrogen-bond donors (Lipinski definition) is 2.